The summed E-state index contributed by atoms with van der Waals surface area (Å²) in [5.74, 6) is -4.92. The van der Waals surface area contributed by atoms with E-state index in [-0.39, 0.29) is 33.0 Å². The van der Waals surface area contributed by atoms with E-state index in [0.29, 0.717) is 50.7 Å². The van der Waals surface area contributed by atoms with E-state index in [9.17, 15) is 39.6 Å². The van der Waals surface area contributed by atoms with Crippen molar-refractivity contribution in [1.82, 2.24) is 0 Å². The van der Waals surface area contributed by atoms with Gasteiger partial charge in [0.2, 0.25) is 0 Å². The van der Waals surface area contributed by atoms with Crippen LogP contribution in [0.15, 0.2) is 36.4 Å². The van der Waals surface area contributed by atoms with Crippen LogP contribution in [0.3, 0.4) is 0 Å². The monoisotopic (exact) mass is 652 g/mol. The maximum atomic E-state index is 13.3. The minimum absolute atomic E-state index is 0.0200. The summed E-state index contributed by atoms with van der Waals surface area (Å²) in [6.45, 7) is 4.31. The Kier molecular flexibility index (Phi) is 10.8. The Morgan fingerprint density at radius 3 is 1.31 bits per heavy atom. The summed E-state index contributed by atoms with van der Waals surface area (Å²) in [7, 11) is 0. The predicted octanol–water partition coefficient (Wildman–Crippen LogP) is 10.3. The Bertz CT molecular complexity index is 2000. The number of hydrogen-bond acceptors (Lipinski definition) is 4. The Morgan fingerprint density at radius 1 is 0.417 bits per heavy atom. The van der Waals surface area contributed by atoms with Gasteiger partial charge in [0.05, 0.1) is 22.3 Å². The summed E-state index contributed by atoms with van der Waals surface area (Å²) >= 11 is 0. The molecule has 0 bridgehead atoms. The van der Waals surface area contributed by atoms with Gasteiger partial charge in [-0.1, -0.05) is 96.3 Å². The van der Waals surface area contributed by atoms with E-state index in [1.54, 1.807) is 18.2 Å². The molecule has 0 radical (unpaired) electrons. The standard InChI is InChI=1S/C40H44O8/c1-3-5-7-9-11-13-15-23-24(16-14-12-10-8-6-4-2)36(40(47)48)35-30(39(45)46)21-18-26-25-17-20-28(37(41)42)33-29(38(43)44)22-19-27(31(25)33)32(23)34(26)35/h17-22H,3-16H2,1-2H3,(H,41,42)(H,43,44)(H,45,46)(H,47,48). The molecule has 0 spiro atoms. The molecule has 252 valence electrons. The molecular formula is C40H44O8. The second-order valence-corrected chi connectivity index (χ2v) is 12.9. The fraction of sp³-hybridized carbons (Fsp3) is 0.400. The molecule has 4 N–H and O–H groups in total. The first-order valence-corrected chi connectivity index (χ1v) is 17.3. The molecule has 8 heteroatoms. The molecule has 0 saturated carbocycles. The molecule has 0 aliphatic rings. The molecule has 48 heavy (non-hydrogen) atoms. The van der Waals surface area contributed by atoms with E-state index in [0.717, 1.165) is 82.6 Å². The van der Waals surface area contributed by atoms with Crippen molar-refractivity contribution in [3.05, 3.63) is 69.8 Å². The van der Waals surface area contributed by atoms with Crippen molar-refractivity contribution >= 4 is 67.0 Å². The minimum atomic E-state index is -1.25. The quantitative estimate of drug-likeness (QED) is 0.0415. The van der Waals surface area contributed by atoms with Crippen molar-refractivity contribution in [3.63, 3.8) is 0 Å². The molecule has 5 aromatic rings. The minimum Gasteiger partial charge on any atom is -0.478 e. The Labute approximate surface area is 279 Å². The number of aromatic carboxylic acids is 4. The zero-order chi connectivity index (χ0) is 34.5. The largest absolute Gasteiger partial charge is 0.478 e. The zero-order valence-corrected chi connectivity index (χ0v) is 27.8. The number of carboxylic acid groups (broad SMARTS) is 4. The highest BCUT2D eigenvalue weighted by Crippen LogP contribution is 2.47. The van der Waals surface area contributed by atoms with Gasteiger partial charge in [-0.05, 0) is 87.3 Å². The highest BCUT2D eigenvalue weighted by molar-refractivity contribution is 6.38. The summed E-state index contributed by atoms with van der Waals surface area (Å²) in [6.07, 6.45) is 13.2. The van der Waals surface area contributed by atoms with Gasteiger partial charge in [0, 0.05) is 10.8 Å². The summed E-state index contributed by atoms with van der Waals surface area (Å²) in [5, 5.41) is 45.2. The zero-order valence-electron chi connectivity index (χ0n) is 27.8. The van der Waals surface area contributed by atoms with Crippen molar-refractivity contribution in [2.75, 3.05) is 0 Å². The summed E-state index contributed by atoms with van der Waals surface area (Å²) in [6, 6.07) is 9.17. The Hall–Kier alpha value is -4.72. The highest BCUT2D eigenvalue weighted by Gasteiger charge is 2.30. The van der Waals surface area contributed by atoms with Gasteiger partial charge in [0.25, 0.3) is 0 Å². The average Bonchev–Trinajstić information content (AvgIpc) is 3.05. The smallest absolute Gasteiger partial charge is 0.336 e. The maximum Gasteiger partial charge on any atom is 0.336 e. The lowest BCUT2D eigenvalue weighted by Gasteiger charge is -2.24. The average molecular weight is 653 g/mol. The highest BCUT2D eigenvalue weighted by atomic mass is 16.4. The third-order valence-electron chi connectivity index (χ3n) is 9.86. The fourth-order valence-electron chi connectivity index (χ4n) is 7.66. The lowest BCUT2D eigenvalue weighted by atomic mass is 9.78. The molecule has 0 amide bonds. The number of rotatable bonds is 18. The van der Waals surface area contributed by atoms with Crippen LogP contribution in [0.1, 0.15) is 143 Å². The number of benzene rings is 5. The number of hydrogen-bond donors (Lipinski definition) is 4. The van der Waals surface area contributed by atoms with Gasteiger partial charge in [-0.3, -0.25) is 0 Å². The first kappa shape index (κ1) is 34.6. The van der Waals surface area contributed by atoms with Crippen LogP contribution < -0.4 is 0 Å². The summed E-state index contributed by atoms with van der Waals surface area (Å²) < 4.78 is 0. The van der Waals surface area contributed by atoms with Gasteiger partial charge >= 0.3 is 23.9 Å². The Morgan fingerprint density at radius 2 is 0.833 bits per heavy atom. The number of unbranched alkanes of at least 4 members (excludes halogenated alkanes) is 10. The lowest BCUT2D eigenvalue weighted by Crippen LogP contribution is -2.13. The van der Waals surface area contributed by atoms with Gasteiger partial charge in [0.15, 0.2) is 0 Å². The van der Waals surface area contributed by atoms with Crippen molar-refractivity contribution < 1.29 is 39.6 Å². The van der Waals surface area contributed by atoms with E-state index in [1.165, 1.54) is 18.2 Å². The molecule has 5 rings (SSSR count). The van der Waals surface area contributed by atoms with Crippen LogP contribution in [-0.4, -0.2) is 44.3 Å². The summed E-state index contributed by atoms with van der Waals surface area (Å²) in [5.41, 5.74) is 1.10. The van der Waals surface area contributed by atoms with Gasteiger partial charge in [0.1, 0.15) is 0 Å². The second kappa shape index (κ2) is 15.0. The van der Waals surface area contributed by atoms with Crippen LogP contribution >= 0.6 is 0 Å². The van der Waals surface area contributed by atoms with Gasteiger partial charge in [-0.15, -0.1) is 0 Å². The van der Waals surface area contributed by atoms with E-state index in [1.807, 2.05) is 0 Å². The van der Waals surface area contributed by atoms with Crippen LogP contribution in [0.25, 0.3) is 43.1 Å². The first-order chi connectivity index (χ1) is 23.1. The molecule has 0 fully saturated rings. The van der Waals surface area contributed by atoms with Crippen LogP contribution in [0, 0.1) is 0 Å². The molecule has 8 nitrogen and oxygen atoms in total. The third-order valence-corrected chi connectivity index (χ3v) is 9.86. The molecular weight excluding hydrogens is 608 g/mol. The van der Waals surface area contributed by atoms with Crippen molar-refractivity contribution in [2.45, 2.75) is 104 Å². The number of fused-ring (bicyclic) bond motifs is 2. The van der Waals surface area contributed by atoms with Crippen molar-refractivity contribution in [3.8, 4) is 0 Å². The molecule has 5 aromatic carbocycles. The molecule has 0 heterocycles. The lowest BCUT2D eigenvalue weighted by molar-refractivity contribution is 0.0680. The maximum absolute atomic E-state index is 13.3. The Balaban J connectivity index is 1.93. The number of carboxylic acids is 4. The van der Waals surface area contributed by atoms with Crippen LogP contribution in [0.5, 0.6) is 0 Å². The van der Waals surface area contributed by atoms with E-state index in [4.69, 9.17) is 0 Å². The van der Waals surface area contributed by atoms with Crippen molar-refractivity contribution in [2.24, 2.45) is 0 Å². The summed E-state index contributed by atoms with van der Waals surface area (Å²) in [4.78, 5) is 50.9. The van der Waals surface area contributed by atoms with E-state index in [2.05, 4.69) is 13.8 Å². The van der Waals surface area contributed by atoms with Crippen LogP contribution in [0.4, 0.5) is 0 Å². The van der Waals surface area contributed by atoms with Crippen LogP contribution in [-0.2, 0) is 12.8 Å². The molecule has 0 unspecified atom stereocenters. The molecule has 0 aromatic heterocycles. The second-order valence-electron chi connectivity index (χ2n) is 12.9. The van der Waals surface area contributed by atoms with E-state index < -0.39 is 23.9 Å². The topological polar surface area (TPSA) is 149 Å². The third kappa shape index (κ3) is 6.40. The molecule has 0 saturated heterocycles. The van der Waals surface area contributed by atoms with Gasteiger partial charge in [-0.25, -0.2) is 19.2 Å². The molecule has 0 aliphatic heterocycles. The fourth-order valence-corrected chi connectivity index (χ4v) is 7.66. The van der Waals surface area contributed by atoms with Gasteiger partial charge in [-0.2, -0.15) is 0 Å². The van der Waals surface area contributed by atoms with Crippen molar-refractivity contribution in [1.29, 1.82) is 0 Å². The van der Waals surface area contributed by atoms with E-state index >= 15 is 0 Å². The number of aryl methyl sites for hydroxylation is 1. The predicted molar refractivity (Wildman–Crippen MR) is 190 cm³/mol. The first-order valence-electron chi connectivity index (χ1n) is 17.3. The van der Waals surface area contributed by atoms with Crippen LogP contribution in [0.2, 0.25) is 0 Å². The van der Waals surface area contributed by atoms with Gasteiger partial charge < -0.3 is 20.4 Å². The number of carbonyl (C=O) groups is 4. The normalized spacial score (nSPS) is 11.7. The molecule has 0 atom stereocenters. The SMILES string of the molecule is CCCCCCCCc1c(C(=O)O)c2c(C(=O)O)ccc3c4ccc(C(=O)O)c5c(C(=O)O)ccc(c(c1CCCCCCCC)c23)c54. The molecule has 0 aliphatic carbocycles.